The van der Waals surface area contributed by atoms with Crippen molar-refractivity contribution in [3.63, 3.8) is 0 Å². The van der Waals surface area contributed by atoms with Gasteiger partial charge in [-0.2, -0.15) is 0 Å². The van der Waals surface area contributed by atoms with Gasteiger partial charge in [-0.25, -0.2) is 9.78 Å². The topological polar surface area (TPSA) is 97.8 Å². The number of hydrogen-bond acceptors (Lipinski definition) is 6. The van der Waals surface area contributed by atoms with Crippen LogP contribution in [0.2, 0.25) is 0 Å². The van der Waals surface area contributed by atoms with Crippen LogP contribution in [0.3, 0.4) is 0 Å². The van der Waals surface area contributed by atoms with E-state index in [9.17, 15) is 14.7 Å². The maximum atomic E-state index is 12.4. The number of nitrogens with zero attached hydrogens (tertiary/aromatic N) is 1. The number of hydrogen-bond donors (Lipinski definition) is 2. The molecule has 0 bridgehead atoms. The molecule has 1 amide bonds. The van der Waals surface area contributed by atoms with Gasteiger partial charge in [0.2, 0.25) is 0 Å². The third-order valence-electron chi connectivity index (χ3n) is 4.15. The largest absolute Gasteiger partial charge is 0.493 e. The van der Waals surface area contributed by atoms with Crippen LogP contribution in [0.15, 0.2) is 29.1 Å². The zero-order valence-corrected chi connectivity index (χ0v) is 15.1. The van der Waals surface area contributed by atoms with Gasteiger partial charge in [0.05, 0.1) is 18.3 Å². The van der Waals surface area contributed by atoms with Crippen LogP contribution in [0.25, 0.3) is 0 Å². The first-order valence-electron chi connectivity index (χ1n) is 8.28. The number of ether oxygens (including phenoxy) is 2. The van der Waals surface area contributed by atoms with Crippen LogP contribution in [0.5, 0.6) is 11.5 Å². The fraction of sp³-hybridized carbons (Fsp3) is 0.389. The molecule has 0 aliphatic heterocycles. The molecule has 1 aromatic carbocycles. The van der Waals surface area contributed by atoms with Crippen LogP contribution in [-0.2, 0) is 11.4 Å². The molecule has 0 radical (unpaired) electrons. The lowest BCUT2D eigenvalue weighted by Gasteiger charge is -2.15. The van der Waals surface area contributed by atoms with Gasteiger partial charge in [-0.3, -0.25) is 4.79 Å². The number of carboxylic acids is 1. The average molecular weight is 376 g/mol. The first-order valence-corrected chi connectivity index (χ1v) is 9.22. The standard InChI is InChI=1S/C18H20N2O5S/c1-24-16-7-12(4-5-15(16)25-8-13-9-26-10-19-13)17(21)20-14(18(22)23)6-11-2-3-11/h4-5,7,9-11,14H,2-3,6,8H2,1H3,(H,20,21)(H,22,23). The molecule has 2 N–H and O–H groups in total. The van der Waals surface area contributed by atoms with Gasteiger partial charge >= 0.3 is 5.97 Å². The smallest absolute Gasteiger partial charge is 0.326 e. The molecule has 2 aromatic rings. The summed E-state index contributed by atoms with van der Waals surface area (Å²) in [4.78, 5) is 27.9. The van der Waals surface area contributed by atoms with E-state index in [1.54, 1.807) is 23.7 Å². The highest BCUT2D eigenvalue weighted by atomic mass is 32.1. The predicted molar refractivity (Wildman–Crippen MR) is 95.7 cm³/mol. The van der Waals surface area contributed by atoms with E-state index in [0.717, 1.165) is 18.5 Å². The van der Waals surface area contributed by atoms with Gasteiger partial charge in [0, 0.05) is 10.9 Å². The molecular formula is C18H20N2O5S. The monoisotopic (exact) mass is 376 g/mol. The molecular weight excluding hydrogens is 356 g/mol. The van der Waals surface area contributed by atoms with Gasteiger partial charge in [-0.15, -0.1) is 11.3 Å². The van der Waals surface area contributed by atoms with Gasteiger partial charge in [-0.05, 0) is 30.5 Å². The summed E-state index contributed by atoms with van der Waals surface area (Å²) in [5.74, 6) is -0.165. The molecule has 1 heterocycles. The van der Waals surface area contributed by atoms with Crippen molar-refractivity contribution in [3.8, 4) is 11.5 Å². The van der Waals surface area contributed by atoms with Crippen LogP contribution in [-0.4, -0.2) is 35.1 Å². The minimum Gasteiger partial charge on any atom is -0.493 e. The summed E-state index contributed by atoms with van der Waals surface area (Å²) in [5.41, 5.74) is 2.86. The lowest BCUT2D eigenvalue weighted by molar-refractivity contribution is -0.139. The van der Waals surface area contributed by atoms with Crippen molar-refractivity contribution >= 4 is 23.2 Å². The number of aromatic nitrogens is 1. The number of methoxy groups -OCH3 is 1. The summed E-state index contributed by atoms with van der Waals surface area (Å²) in [6.07, 6.45) is 2.52. The molecule has 138 valence electrons. The Bertz CT molecular complexity index is 774. The molecule has 1 fully saturated rings. The first-order chi connectivity index (χ1) is 12.6. The second-order valence-corrected chi connectivity index (χ2v) is 6.90. The molecule has 3 rings (SSSR count). The molecule has 1 atom stereocenters. The SMILES string of the molecule is COc1cc(C(=O)NC(CC2CC2)C(=O)O)ccc1OCc1cscn1. The number of carbonyl (C=O) groups excluding carboxylic acids is 1. The van der Waals surface area contributed by atoms with E-state index in [2.05, 4.69) is 10.3 Å². The highest BCUT2D eigenvalue weighted by Gasteiger charge is 2.30. The van der Waals surface area contributed by atoms with E-state index in [4.69, 9.17) is 9.47 Å². The maximum absolute atomic E-state index is 12.4. The second kappa shape index (κ2) is 8.18. The summed E-state index contributed by atoms with van der Waals surface area (Å²) >= 11 is 1.48. The molecule has 0 saturated heterocycles. The Morgan fingerprint density at radius 1 is 1.38 bits per heavy atom. The number of thiazole rings is 1. The summed E-state index contributed by atoms with van der Waals surface area (Å²) in [6, 6.07) is 3.89. The maximum Gasteiger partial charge on any atom is 0.326 e. The van der Waals surface area contributed by atoms with Gasteiger partial charge in [0.25, 0.3) is 5.91 Å². The van der Waals surface area contributed by atoms with Gasteiger partial charge in [0.15, 0.2) is 11.5 Å². The van der Waals surface area contributed by atoms with Crippen LogP contribution < -0.4 is 14.8 Å². The quantitative estimate of drug-likeness (QED) is 0.698. The number of carboxylic acid groups (broad SMARTS) is 1. The van der Waals surface area contributed by atoms with Gasteiger partial charge in [0.1, 0.15) is 12.6 Å². The summed E-state index contributed by atoms with van der Waals surface area (Å²) in [7, 11) is 1.49. The van der Waals surface area contributed by atoms with Crippen molar-refractivity contribution in [2.45, 2.75) is 31.9 Å². The van der Waals surface area contributed by atoms with Crippen molar-refractivity contribution < 1.29 is 24.2 Å². The highest BCUT2D eigenvalue weighted by molar-refractivity contribution is 7.07. The molecule has 1 aliphatic carbocycles. The number of carbonyl (C=O) groups is 2. The van der Waals surface area contributed by atoms with E-state index >= 15 is 0 Å². The Kier molecular flexibility index (Phi) is 5.72. The Balaban J connectivity index is 1.66. The van der Waals surface area contributed by atoms with Crippen molar-refractivity contribution in [2.24, 2.45) is 5.92 Å². The second-order valence-electron chi connectivity index (χ2n) is 6.18. The Hall–Kier alpha value is -2.61. The molecule has 1 unspecified atom stereocenters. The zero-order chi connectivity index (χ0) is 18.5. The van der Waals surface area contributed by atoms with Crippen molar-refractivity contribution in [1.82, 2.24) is 10.3 Å². The van der Waals surface area contributed by atoms with Crippen LogP contribution in [0, 0.1) is 5.92 Å². The zero-order valence-electron chi connectivity index (χ0n) is 14.3. The number of benzene rings is 1. The number of rotatable bonds is 9. The molecule has 26 heavy (non-hydrogen) atoms. The first kappa shape index (κ1) is 18.2. The molecule has 7 nitrogen and oxygen atoms in total. The fourth-order valence-corrected chi connectivity index (χ4v) is 3.08. The predicted octanol–water partition coefficient (Wildman–Crippen LogP) is 2.71. The molecule has 8 heteroatoms. The Morgan fingerprint density at radius 2 is 2.19 bits per heavy atom. The molecule has 0 spiro atoms. The number of amides is 1. The minimum absolute atomic E-state index is 0.299. The van der Waals surface area contributed by atoms with Crippen LogP contribution in [0.1, 0.15) is 35.3 Å². The lowest BCUT2D eigenvalue weighted by Crippen LogP contribution is -2.41. The van der Waals surface area contributed by atoms with E-state index in [1.165, 1.54) is 18.4 Å². The average Bonchev–Trinajstić information content (AvgIpc) is 3.30. The molecule has 1 saturated carbocycles. The van der Waals surface area contributed by atoms with Crippen LogP contribution >= 0.6 is 11.3 Å². The third-order valence-corrected chi connectivity index (χ3v) is 4.79. The van der Waals surface area contributed by atoms with Crippen molar-refractivity contribution in [1.29, 1.82) is 0 Å². The number of aliphatic carboxylic acids is 1. The van der Waals surface area contributed by atoms with E-state index in [-0.39, 0.29) is 0 Å². The third kappa shape index (κ3) is 4.72. The van der Waals surface area contributed by atoms with Gasteiger partial charge < -0.3 is 19.9 Å². The highest BCUT2D eigenvalue weighted by Crippen LogP contribution is 2.34. The molecule has 1 aliphatic rings. The summed E-state index contributed by atoms with van der Waals surface area (Å²) in [5, 5.41) is 13.8. The lowest BCUT2D eigenvalue weighted by atomic mass is 10.1. The van der Waals surface area contributed by atoms with E-state index in [0.29, 0.717) is 36.0 Å². The molecule has 1 aromatic heterocycles. The van der Waals surface area contributed by atoms with Crippen LogP contribution in [0.4, 0.5) is 0 Å². The van der Waals surface area contributed by atoms with Crippen molar-refractivity contribution in [2.75, 3.05) is 7.11 Å². The summed E-state index contributed by atoms with van der Waals surface area (Å²) < 4.78 is 11.0. The minimum atomic E-state index is -1.01. The fourth-order valence-electron chi connectivity index (χ4n) is 2.54. The normalized spacial score (nSPS) is 14.5. The Morgan fingerprint density at radius 3 is 2.81 bits per heavy atom. The Labute approximate surface area is 155 Å². The van der Waals surface area contributed by atoms with E-state index in [1.807, 2.05) is 5.38 Å². The van der Waals surface area contributed by atoms with E-state index < -0.39 is 17.9 Å². The van der Waals surface area contributed by atoms with Gasteiger partial charge in [-0.1, -0.05) is 12.8 Å². The summed E-state index contributed by atoms with van der Waals surface area (Å²) in [6.45, 7) is 0.299. The van der Waals surface area contributed by atoms with Crippen molar-refractivity contribution in [3.05, 3.63) is 40.3 Å². The number of nitrogens with one attached hydrogen (secondary N) is 1.